The summed E-state index contributed by atoms with van der Waals surface area (Å²) in [6.07, 6.45) is 3.71. The molecule has 5 N–H and O–H groups in total. The van der Waals surface area contributed by atoms with Gasteiger partial charge in [0, 0.05) is 35.2 Å². The van der Waals surface area contributed by atoms with Crippen molar-refractivity contribution in [3.63, 3.8) is 0 Å². The summed E-state index contributed by atoms with van der Waals surface area (Å²) in [5, 5.41) is 8.13. The van der Waals surface area contributed by atoms with Crippen molar-refractivity contribution in [3.05, 3.63) is 71.8 Å². The molecule has 4 aromatic rings. The molecule has 3 aromatic heterocycles. The Bertz CT molecular complexity index is 1060. The van der Waals surface area contributed by atoms with Crippen LogP contribution >= 0.6 is 0 Å². The zero-order valence-corrected chi connectivity index (χ0v) is 13.6. The van der Waals surface area contributed by atoms with Crippen molar-refractivity contribution >= 4 is 28.4 Å². The third kappa shape index (κ3) is 3.07. The van der Waals surface area contributed by atoms with Crippen molar-refractivity contribution in [2.45, 2.75) is 6.92 Å². The lowest BCUT2D eigenvalue weighted by Gasteiger charge is -2.03. The first-order valence-electron chi connectivity index (χ1n) is 7.85. The van der Waals surface area contributed by atoms with E-state index in [4.69, 9.17) is 5.73 Å². The van der Waals surface area contributed by atoms with Crippen LogP contribution in [0, 0.1) is 6.92 Å². The Morgan fingerprint density at radius 2 is 2.00 bits per heavy atom. The largest absolute Gasteiger partial charge is 0.383 e. The molecule has 0 aliphatic rings. The normalized spacial score (nSPS) is 12.8. The number of nitrogens with two attached hydrogens (primary N) is 1. The number of aliphatic imine (C=N–C) groups is 2. The summed E-state index contributed by atoms with van der Waals surface area (Å²) in [5.74, 6) is 1.41. The summed E-state index contributed by atoms with van der Waals surface area (Å²) in [5.41, 5.74) is 9.77. The fourth-order valence-electron chi connectivity index (χ4n) is 2.57. The van der Waals surface area contributed by atoms with Gasteiger partial charge in [0.25, 0.3) is 0 Å². The topological polar surface area (TPSA) is 111 Å². The summed E-state index contributed by atoms with van der Waals surface area (Å²) >= 11 is 0. The van der Waals surface area contributed by atoms with Crippen LogP contribution in [0.3, 0.4) is 0 Å². The summed E-state index contributed by atoms with van der Waals surface area (Å²) in [4.78, 5) is 15.3. The van der Waals surface area contributed by atoms with Gasteiger partial charge >= 0.3 is 0 Å². The second kappa shape index (κ2) is 6.12. The highest BCUT2D eigenvalue weighted by Crippen LogP contribution is 2.15. The van der Waals surface area contributed by atoms with Crippen molar-refractivity contribution < 1.29 is 0 Å². The van der Waals surface area contributed by atoms with E-state index in [1.807, 2.05) is 61.8 Å². The monoisotopic (exact) mass is 331 g/mol. The Labute approximate surface area is 143 Å². The molecule has 7 heteroatoms. The Kier molecular flexibility index (Phi) is 3.66. The number of benzene rings is 1. The number of nitrogens with zero attached hydrogens (tertiary/aromatic N) is 3. The van der Waals surface area contributed by atoms with Crippen molar-refractivity contribution in [2.24, 2.45) is 15.7 Å². The Morgan fingerprint density at radius 3 is 2.76 bits per heavy atom. The molecule has 1 aromatic carbocycles. The van der Waals surface area contributed by atoms with Gasteiger partial charge in [-0.3, -0.25) is 5.10 Å². The summed E-state index contributed by atoms with van der Waals surface area (Å²) in [6.45, 7) is 1.92. The zero-order valence-electron chi connectivity index (χ0n) is 13.6. The summed E-state index contributed by atoms with van der Waals surface area (Å²) in [6, 6.07) is 13.6. The first-order chi connectivity index (χ1) is 12.2. The quantitative estimate of drug-likeness (QED) is 0.342. The van der Waals surface area contributed by atoms with Crippen LogP contribution in [0.2, 0.25) is 0 Å². The number of fused-ring (bicyclic) bond motifs is 1. The molecular weight excluding hydrogens is 314 g/mol. The maximum Gasteiger partial charge on any atom is 0.180 e. The van der Waals surface area contributed by atoms with E-state index >= 15 is 0 Å². The fourth-order valence-corrected chi connectivity index (χ4v) is 2.57. The Hall–Kier alpha value is -3.61. The van der Waals surface area contributed by atoms with Crippen LogP contribution in [0.1, 0.15) is 17.0 Å². The third-order valence-electron chi connectivity index (χ3n) is 3.83. The molecule has 124 valence electrons. The molecule has 7 nitrogen and oxygen atoms in total. The molecule has 0 aliphatic heterocycles. The average Bonchev–Trinajstić information content (AvgIpc) is 3.35. The number of aromatic nitrogens is 4. The number of aromatic amines is 3. The van der Waals surface area contributed by atoms with Crippen LogP contribution in [0.25, 0.3) is 10.9 Å². The SMILES string of the molecule is Cc1cc(N=C(N=C(N)c2ccc3cc[nH]c3c2)c2ccc[nH]2)n[nH]1. The van der Waals surface area contributed by atoms with E-state index in [9.17, 15) is 0 Å². The predicted octanol–water partition coefficient (Wildman–Crippen LogP) is 3.01. The van der Waals surface area contributed by atoms with Gasteiger partial charge in [-0.05, 0) is 36.6 Å². The van der Waals surface area contributed by atoms with Crippen LogP contribution in [0.5, 0.6) is 0 Å². The van der Waals surface area contributed by atoms with E-state index in [0.717, 1.165) is 27.9 Å². The summed E-state index contributed by atoms with van der Waals surface area (Å²) in [7, 11) is 0. The van der Waals surface area contributed by atoms with E-state index in [1.54, 1.807) is 0 Å². The van der Waals surface area contributed by atoms with E-state index in [2.05, 4.69) is 30.2 Å². The molecule has 0 atom stereocenters. The smallest absolute Gasteiger partial charge is 0.180 e. The lowest BCUT2D eigenvalue weighted by molar-refractivity contribution is 1.04. The fraction of sp³-hybridized carbons (Fsp3) is 0.0556. The number of aryl methyl sites for hydroxylation is 1. The number of rotatable bonds is 3. The van der Waals surface area contributed by atoms with Gasteiger partial charge in [-0.25, -0.2) is 9.98 Å². The van der Waals surface area contributed by atoms with Crippen molar-refractivity contribution in [2.75, 3.05) is 0 Å². The zero-order chi connectivity index (χ0) is 17.2. The van der Waals surface area contributed by atoms with Gasteiger partial charge in [-0.15, -0.1) is 0 Å². The molecule has 0 spiro atoms. The number of hydrogen-bond donors (Lipinski definition) is 4. The van der Waals surface area contributed by atoms with Crippen molar-refractivity contribution in [1.29, 1.82) is 0 Å². The molecule has 0 saturated heterocycles. The molecule has 0 bridgehead atoms. The van der Waals surface area contributed by atoms with E-state index in [-0.39, 0.29) is 0 Å². The maximum atomic E-state index is 6.23. The molecule has 3 heterocycles. The van der Waals surface area contributed by atoms with E-state index < -0.39 is 0 Å². The molecule has 25 heavy (non-hydrogen) atoms. The molecular formula is C18H17N7. The first-order valence-corrected chi connectivity index (χ1v) is 7.85. The second-order valence-corrected chi connectivity index (χ2v) is 5.71. The van der Waals surface area contributed by atoms with Crippen LogP contribution in [-0.4, -0.2) is 31.8 Å². The number of H-pyrrole nitrogens is 3. The van der Waals surface area contributed by atoms with Gasteiger partial charge in [0.05, 0.1) is 5.69 Å². The Morgan fingerprint density at radius 1 is 1.08 bits per heavy atom. The minimum atomic E-state index is 0.386. The molecule has 4 rings (SSSR count). The molecule has 0 fully saturated rings. The van der Waals surface area contributed by atoms with Gasteiger partial charge in [0.15, 0.2) is 11.7 Å². The van der Waals surface area contributed by atoms with Crippen LogP contribution < -0.4 is 5.73 Å². The highest BCUT2D eigenvalue weighted by atomic mass is 15.2. The van der Waals surface area contributed by atoms with Crippen LogP contribution in [-0.2, 0) is 0 Å². The molecule has 0 unspecified atom stereocenters. The van der Waals surface area contributed by atoms with Gasteiger partial charge < -0.3 is 15.7 Å². The standard InChI is InChI=1S/C18H17N7/c1-11-9-16(25-24-11)22-18(14-3-2-7-20-14)23-17(19)13-5-4-12-6-8-21-15(12)10-13/h2-10,20-21H,1H3,(H3,19,22,23,24,25). The highest BCUT2D eigenvalue weighted by molar-refractivity contribution is 6.11. The molecule has 0 aliphatic carbocycles. The molecule has 0 radical (unpaired) electrons. The van der Waals surface area contributed by atoms with Gasteiger partial charge in [0.2, 0.25) is 0 Å². The lowest BCUT2D eigenvalue weighted by atomic mass is 10.1. The predicted molar refractivity (Wildman–Crippen MR) is 99.3 cm³/mol. The number of amidine groups is 2. The number of nitrogens with one attached hydrogen (secondary N) is 3. The maximum absolute atomic E-state index is 6.23. The van der Waals surface area contributed by atoms with E-state index in [1.165, 1.54) is 0 Å². The van der Waals surface area contributed by atoms with Gasteiger partial charge in [-0.1, -0.05) is 12.1 Å². The number of hydrogen-bond acceptors (Lipinski definition) is 2. The van der Waals surface area contributed by atoms with Gasteiger partial charge in [-0.2, -0.15) is 5.10 Å². The van der Waals surface area contributed by atoms with Crippen molar-refractivity contribution in [1.82, 2.24) is 20.2 Å². The lowest BCUT2D eigenvalue weighted by Crippen LogP contribution is -2.16. The highest BCUT2D eigenvalue weighted by Gasteiger charge is 2.08. The minimum Gasteiger partial charge on any atom is -0.383 e. The minimum absolute atomic E-state index is 0.386. The Balaban J connectivity index is 1.76. The van der Waals surface area contributed by atoms with Gasteiger partial charge in [0.1, 0.15) is 5.84 Å². The molecule has 0 saturated carbocycles. The van der Waals surface area contributed by atoms with Crippen LogP contribution in [0.15, 0.2) is 64.8 Å². The van der Waals surface area contributed by atoms with Crippen molar-refractivity contribution in [3.8, 4) is 0 Å². The first kappa shape index (κ1) is 14.9. The average molecular weight is 331 g/mol. The van der Waals surface area contributed by atoms with Crippen LogP contribution in [0.4, 0.5) is 5.82 Å². The third-order valence-corrected chi connectivity index (χ3v) is 3.83. The second-order valence-electron chi connectivity index (χ2n) is 5.71. The summed E-state index contributed by atoms with van der Waals surface area (Å²) < 4.78 is 0. The molecule has 0 amide bonds. The van der Waals surface area contributed by atoms with E-state index in [0.29, 0.717) is 17.5 Å².